The summed E-state index contributed by atoms with van der Waals surface area (Å²) in [5.74, 6) is 0.811. The van der Waals surface area contributed by atoms with Crippen LogP contribution < -0.4 is 0 Å². The van der Waals surface area contributed by atoms with E-state index in [0.29, 0.717) is 0 Å². The predicted molar refractivity (Wildman–Crippen MR) is 61.2 cm³/mol. The van der Waals surface area contributed by atoms with Gasteiger partial charge in [-0.25, -0.2) is 0 Å². The Balaban J connectivity index is 2.27. The van der Waals surface area contributed by atoms with Gasteiger partial charge in [0.05, 0.1) is 6.10 Å². The fourth-order valence-corrected chi connectivity index (χ4v) is 2.09. The number of aliphatic hydroxyl groups excluding tert-OH is 1. The molecule has 1 N–H and O–H groups in total. The van der Waals surface area contributed by atoms with Gasteiger partial charge in [0.2, 0.25) is 0 Å². The van der Waals surface area contributed by atoms with E-state index >= 15 is 0 Å². The average molecular weight is 196 g/mol. The first-order valence-electron chi connectivity index (χ1n) is 6.06. The predicted octanol–water partition coefficient (Wildman–Crippen LogP) is 3.67. The summed E-state index contributed by atoms with van der Waals surface area (Å²) in [4.78, 5) is 0. The van der Waals surface area contributed by atoms with Crippen LogP contribution >= 0.6 is 0 Å². The molecule has 1 heteroatoms. The monoisotopic (exact) mass is 196 g/mol. The highest BCUT2D eigenvalue weighted by atomic mass is 16.3. The molecule has 0 aromatic carbocycles. The molecule has 0 heterocycles. The zero-order chi connectivity index (χ0) is 10.4. The molecule has 1 aliphatic carbocycles. The maximum atomic E-state index is 9.59. The average Bonchev–Trinajstić information content (AvgIpc) is 2.29. The molecule has 0 aromatic rings. The van der Waals surface area contributed by atoms with Crippen molar-refractivity contribution in [3.8, 4) is 0 Å². The molecule has 0 aliphatic heterocycles. The van der Waals surface area contributed by atoms with Crippen LogP contribution in [0.4, 0.5) is 0 Å². The molecule has 1 atom stereocenters. The van der Waals surface area contributed by atoms with E-state index in [4.69, 9.17) is 0 Å². The SMILES string of the molecule is CC(C)CCCC1=CC(O)CCCC1. The van der Waals surface area contributed by atoms with Gasteiger partial charge >= 0.3 is 0 Å². The van der Waals surface area contributed by atoms with Gasteiger partial charge in [-0.2, -0.15) is 0 Å². The fourth-order valence-electron chi connectivity index (χ4n) is 2.09. The van der Waals surface area contributed by atoms with E-state index in [0.717, 1.165) is 12.3 Å². The van der Waals surface area contributed by atoms with E-state index in [1.807, 2.05) is 0 Å². The van der Waals surface area contributed by atoms with Crippen LogP contribution in [0.3, 0.4) is 0 Å². The second kappa shape index (κ2) is 6.23. The van der Waals surface area contributed by atoms with Gasteiger partial charge in [-0.3, -0.25) is 0 Å². The molecule has 1 unspecified atom stereocenters. The molecule has 82 valence electrons. The minimum Gasteiger partial charge on any atom is -0.389 e. The minimum absolute atomic E-state index is 0.161. The molecule has 1 aliphatic rings. The Morgan fingerprint density at radius 3 is 2.93 bits per heavy atom. The molecule has 0 radical (unpaired) electrons. The van der Waals surface area contributed by atoms with Gasteiger partial charge in [0.25, 0.3) is 0 Å². The lowest BCUT2D eigenvalue weighted by atomic mass is 10.00. The van der Waals surface area contributed by atoms with Crippen molar-refractivity contribution < 1.29 is 5.11 Å². The van der Waals surface area contributed by atoms with E-state index in [-0.39, 0.29) is 6.10 Å². The minimum atomic E-state index is -0.161. The van der Waals surface area contributed by atoms with Crippen LogP contribution in [-0.4, -0.2) is 11.2 Å². The highest BCUT2D eigenvalue weighted by Gasteiger charge is 2.08. The number of hydrogen-bond donors (Lipinski definition) is 1. The molecule has 0 fully saturated rings. The number of hydrogen-bond acceptors (Lipinski definition) is 1. The Kier molecular flexibility index (Phi) is 5.24. The Bertz CT molecular complexity index is 182. The first-order valence-corrected chi connectivity index (χ1v) is 6.06. The van der Waals surface area contributed by atoms with Crippen LogP contribution in [0, 0.1) is 5.92 Å². The molecule has 0 amide bonds. The van der Waals surface area contributed by atoms with Crippen molar-refractivity contribution in [3.05, 3.63) is 11.6 Å². The van der Waals surface area contributed by atoms with Crippen molar-refractivity contribution in [1.29, 1.82) is 0 Å². The molecular formula is C13H24O. The van der Waals surface area contributed by atoms with Gasteiger partial charge in [-0.15, -0.1) is 0 Å². The third kappa shape index (κ3) is 4.80. The zero-order valence-electron chi connectivity index (χ0n) is 9.63. The maximum Gasteiger partial charge on any atom is 0.0723 e. The van der Waals surface area contributed by atoms with Gasteiger partial charge < -0.3 is 5.11 Å². The van der Waals surface area contributed by atoms with Gasteiger partial charge in [0.15, 0.2) is 0 Å². The van der Waals surface area contributed by atoms with Crippen molar-refractivity contribution in [1.82, 2.24) is 0 Å². The van der Waals surface area contributed by atoms with Gasteiger partial charge in [0, 0.05) is 0 Å². The summed E-state index contributed by atoms with van der Waals surface area (Å²) < 4.78 is 0. The number of rotatable bonds is 4. The summed E-state index contributed by atoms with van der Waals surface area (Å²) >= 11 is 0. The van der Waals surface area contributed by atoms with E-state index in [9.17, 15) is 5.11 Å². The molecule has 0 bridgehead atoms. The van der Waals surface area contributed by atoms with Crippen LogP contribution in [0.15, 0.2) is 11.6 Å². The van der Waals surface area contributed by atoms with Gasteiger partial charge in [-0.05, 0) is 38.0 Å². The third-order valence-electron chi connectivity index (χ3n) is 2.96. The lowest BCUT2D eigenvalue weighted by Gasteiger charge is -2.07. The van der Waals surface area contributed by atoms with E-state index in [2.05, 4.69) is 19.9 Å². The molecule has 0 spiro atoms. The van der Waals surface area contributed by atoms with Crippen LogP contribution in [0.1, 0.15) is 58.8 Å². The summed E-state index contributed by atoms with van der Waals surface area (Å²) in [6.07, 6.45) is 10.4. The van der Waals surface area contributed by atoms with Crippen molar-refractivity contribution in [2.24, 2.45) is 5.92 Å². The smallest absolute Gasteiger partial charge is 0.0723 e. The van der Waals surface area contributed by atoms with Gasteiger partial charge in [0.1, 0.15) is 0 Å². The molecule has 0 aromatic heterocycles. The lowest BCUT2D eigenvalue weighted by Crippen LogP contribution is -2.00. The Morgan fingerprint density at radius 1 is 1.43 bits per heavy atom. The molecule has 14 heavy (non-hydrogen) atoms. The van der Waals surface area contributed by atoms with Crippen molar-refractivity contribution >= 4 is 0 Å². The summed E-state index contributed by atoms with van der Waals surface area (Å²) in [6, 6.07) is 0. The maximum absolute atomic E-state index is 9.59. The molecule has 0 saturated carbocycles. The molecule has 1 rings (SSSR count). The first kappa shape index (κ1) is 11.8. The summed E-state index contributed by atoms with van der Waals surface area (Å²) in [6.45, 7) is 4.55. The number of aliphatic hydroxyl groups is 1. The molecular weight excluding hydrogens is 172 g/mol. The standard InChI is InChI=1S/C13H24O/c1-11(2)6-5-8-12-7-3-4-9-13(14)10-12/h10-11,13-14H,3-9H2,1-2H3. The van der Waals surface area contributed by atoms with E-state index in [1.54, 1.807) is 0 Å². The Hall–Kier alpha value is -0.300. The third-order valence-corrected chi connectivity index (χ3v) is 2.96. The van der Waals surface area contributed by atoms with Gasteiger partial charge in [-0.1, -0.05) is 38.3 Å². The van der Waals surface area contributed by atoms with Crippen molar-refractivity contribution in [2.45, 2.75) is 64.9 Å². The largest absolute Gasteiger partial charge is 0.389 e. The number of allylic oxidation sites excluding steroid dienone is 1. The topological polar surface area (TPSA) is 20.2 Å². The molecule has 0 saturated heterocycles. The second-order valence-corrected chi connectivity index (χ2v) is 4.92. The Labute approximate surface area is 88.2 Å². The summed E-state index contributed by atoms with van der Waals surface area (Å²) in [5.41, 5.74) is 1.50. The van der Waals surface area contributed by atoms with Crippen LogP contribution in [-0.2, 0) is 0 Å². The summed E-state index contributed by atoms with van der Waals surface area (Å²) in [7, 11) is 0. The summed E-state index contributed by atoms with van der Waals surface area (Å²) in [5, 5.41) is 9.59. The van der Waals surface area contributed by atoms with Crippen LogP contribution in [0.5, 0.6) is 0 Å². The van der Waals surface area contributed by atoms with Crippen LogP contribution in [0.25, 0.3) is 0 Å². The lowest BCUT2D eigenvalue weighted by molar-refractivity contribution is 0.211. The second-order valence-electron chi connectivity index (χ2n) is 4.92. The normalized spacial score (nSPS) is 23.4. The first-order chi connectivity index (χ1) is 6.68. The van der Waals surface area contributed by atoms with E-state index < -0.39 is 0 Å². The quantitative estimate of drug-likeness (QED) is 0.680. The van der Waals surface area contributed by atoms with Crippen LogP contribution in [0.2, 0.25) is 0 Å². The van der Waals surface area contributed by atoms with Crippen molar-refractivity contribution in [3.63, 3.8) is 0 Å². The Morgan fingerprint density at radius 2 is 2.21 bits per heavy atom. The highest BCUT2D eigenvalue weighted by molar-refractivity contribution is 5.06. The molecule has 1 nitrogen and oxygen atoms in total. The fraction of sp³-hybridized carbons (Fsp3) is 0.846. The van der Waals surface area contributed by atoms with Crippen molar-refractivity contribution in [2.75, 3.05) is 0 Å². The zero-order valence-corrected chi connectivity index (χ0v) is 9.63. The van der Waals surface area contributed by atoms with E-state index in [1.165, 1.54) is 44.1 Å². The highest BCUT2D eigenvalue weighted by Crippen LogP contribution is 2.22.